The van der Waals surface area contributed by atoms with Crippen molar-refractivity contribution in [2.45, 2.75) is 13.0 Å². The molecule has 0 aliphatic rings. The highest BCUT2D eigenvalue weighted by Crippen LogP contribution is 2.32. The van der Waals surface area contributed by atoms with Gasteiger partial charge < -0.3 is 15.2 Å². The second-order valence-corrected chi connectivity index (χ2v) is 4.82. The van der Waals surface area contributed by atoms with E-state index < -0.39 is 0 Å². The van der Waals surface area contributed by atoms with E-state index in [4.69, 9.17) is 15.2 Å². The molecule has 1 heterocycles. The summed E-state index contributed by atoms with van der Waals surface area (Å²) in [6.45, 7) is 2.57. The van der Waals surface area contributed by atoms with Crippen molar-refractivity contribution in [3.63, 3.8) is 0 Å². The van der Waals surface area contributed by atoms with Crippen LogP contribution < -0.4 is 15.2 Å². The summed E-state index contributed by atoms with van der Waals surface area (Å²) < 4.78 is 10.8. The van der Waals surface area contributed by atoms with Crippen molar-refractivity contribution < 1.29 is 9.47 Å². The van der Waals surface area contributed by atoms with Crippen molar-refractivity contribution in [2.75, 3.05) is 13.7 Å². The normalized spacial score (nSPS) is 12.2. The number of benzene rings is 1. The number of rotatable bonds is 5. The molecule has 0 spiro atoms. The molecule has 0 aliphatic carbocycles. The maximum absolute atomic E-state index is 6.22. The van der Waals surface area contributed by atoms with E-state index in [-0.39, 0.29) is 6.04 Å². The Morgan fingerprint density at radius 3 is 2.72 bits per heavy atom. The third kappa shape index (κ3) is 2.66. The van der Waals surface area contributed by atoms with Crippen LogP contribution in [-0.4, -0.2) is 13.7 Å². The number of thiophene rings is 1. The van der Waals surface area contributed by atoms with Gasteiger partial charge in [-0.1, -0.05) is 12.1 Å². The highest BCUT2D eigenvalue weighted by Gasteiger charge is 2.13. The Morgan fingerprint density at radius 1 is 1.28 bits per heavy atom. The second-order valence-electron chi connectivity index (χ2n) is 3.84. The van der Waals surface area contributed by atoms with Gasteiger partial charge in [-0.25, -0.2) is 0 Å². The SMILES string of the molecule is CCOc1ccc([C@@H](N)c2cccs2)cc1OC. The fourth-order valence-electron chi connectivity index (χ4n) is 1.78. The fourth-order valence-corrected chi connectivity index (χ4v) is 2.54. The Balaban J connectivity index is 2.29. The van der Waals surface area contributed by atoms with E-state index in [1.807, 2.05) is 42.6 Å². The zero-order chi connectivity index (χ0) is 13.0. The maximum atomic E-state index is 6.22. The maximum Gasteiger partial charge on any atom is 0.161 e. The smallest absolute Gasteiger partial charge is 0.161 e. The van der Waals surface area contributed by atoms with Crippen LogP contribution in [0.15, 0.2) is 35.7 Å². The van der Waals surface area contributed by atoms with Gasteiger partial charge in [-0.3, -0.25) is 0 Å². The van der Waals surface area contributed by atoms with Crippen molar-refractivity contribution >= 4 is 11.3 Å². The molecule has 1 atom stereocenters. The van der Waals surface area contributed by atoms with E-state index in [0.717, 1.165) is 21.9 Å². The van der Waals surface area contributed by atoms with Crippen molar-refractivity contribution in [1.82, 2.24) is 0 Å². The first-order valence-electron chi connectivity index (χ1n) is 5.86. The van der Waals surface area contributed by atoms with E-state index >= 15 is 0 Å². The van der Waals surface area contributed by atoms with Crippen molar-refractivity contribution in [3.05, 3.63) is 46.2 Å². The minimum Gasteiger partial charge on any atom is -0.493 e. The fraction of sp³-hybridized carbons (Fsp3) is 0.286. The van der Waals surface area contributed by atoms with E-state index in [9.17, 15) is 0 Å². The molecule has 1 aromatic heterocycles. The molecule has 2 rings (SSSR count). The van der Waals surface area contributed by atoms with Crippen LogP contribution in [0.5, 0.6) is 11.5 Å². The summed E-state index contributed by atoms with van der Waals surface area (Å²) in [6, 6.07) is 9.76. The summed E-state index contributed by atoms with van der Waals surface area (Å²) in [6.07, 6.45) is 0. The minimum absolute atomic E-state index is 0.116. The van der Waals surface area contributed by atoms with Crippen LogP contribution in [0.2, 0.25) is 0 Å². The summed E-state index contributed by atoms with van der Waals surface area (Å²) in [5, 5.41) is 2.03. The molecule has 4 heteroatoms. The number of methoxy groups -OCH3 is 1. The van der Waals surface area contributed by atoms with Gasteiger partial charge in [0.05, 0.1) is 19.8 Å². The first-order valence-corrected chi connectivity index (χ1v) is 6.74. The Labute approximate surface area is 111 Å². The lowest BCUT2D eigenvalue weighted by atomic mass is 10.1. The summed E-state index contributed by atoms with van der Waals surface area (Å²) in [5.74, 6) is 1.48. The largest absolute Gasteiger partial charge is 0.493 e. The Hall–Kier alpha value is -1.52. The van der Waals surface area contributed by atoms with Crippen LogP contribution in [0.3, 0.4) is 0 Å². The molecule has 2 N–H and O–H groups in total. The predicted octanol–water partition coefficient (Wildman–Crippen LogP) is 3.20. The molecule has 2 aromatic rings. The van der Waals surface area contributed by atoms with Crippen LogP contribution in [0, 0.1) is 0 Å². The van der Waals surface area contributed by atoms with Gasteiger partial charge in [0.25, 0.3) is 0 Å². The standard InChI is InChI=1S/C14H17NO2S/c1-3-17-11-7-6-10(9-12(11)16-2)14(15)13-5-4-8-18-13/h4-9,14H,3,15H2,1-2H3/t14-/m1/s1. The molecule has 18 heavy (non-hydrogen) atoms. The van der Waals surface area contributed by atoms with Gasteiger partial charge in [0.1, 0.15) is 0 Å². The quantitative estimate of drug-likeness (QED) is 0.901. The van der Waals surface area contributed by atoms with Crippen LogP contribution in [-0.2, 0) is 0 Å². The van der Waals surface area contributed by atoms with Crippen LogP contribution in [0.4, 0.5) is 0 Å². The van der Waals surface area contributed by atoms with Gasteiger partial charge in [0, 0.05) is 4.88 Å². The summed E-state index contributed by atoms with van der Waals surface area (Å²) in [7, 11) is 1.64. The predicted molar refractivity (Wildman–Crippen MR) is 74.5 cm³/mol. The molecule has 1 aromatic carbocycles. The number of hydrogen-bond donors (Lipinski definition) is 1. The zero-order valence-corrected chi connectivity index (χ0v) is 11.4. The molecule has 0 bridgehead atoms. The zero-order valence-electron chi connectivity index (χ0n) is 10.6. The third-order valence-electron chi connectivity index (χ3n) is 2.70. The molecular formula is C14H17NO2S. The van der Waals surface area contributed by atoms with Gasteiger partial charge >= 0.3 is 0 Å². The van der Waals surface area contributed by atoms with E-state index in [1.54, 1.807) is 18.4 Å². The molecule has 3 nitrogen and oxygen atoms in total. The Morgan fingerprint density at radius 2 is 2.11 bits per heavy atom. The molecule has 96 valence electrons. The lowest BCUT2D eigenvalue weighted by Crippen LogP contribution is -2.10. The van der Waals surface area contributed by atoms with Gasteiger partial charge in [-0.15, -0.1) is 11.3 Å². The van der Waals surface area contributed by atoms with E-state index in [1.165, 1.54) is 0 Å². The molecule has 0 unspecified atom stereocenters. The average molecular weight is 263 g/mol. The number of nitrogens with two attached hydrogens (primary N) is 1. The van der Waals surface area contributed by atoms with Crippen molar-refractivity contribution in [3.8, 4) is 11.5 Å². The van der Waals surface area contributed by atoms with Crippen molar-refractivity contribution in [2.24, 2.45) is 5.73 Å². The van der Waals surface area contributed by atoms with Gasteiger partial charge in [0.2, 0.25) is 0 Å². The monoisotopic (exact) mass is 263 g/mol. The average Bonchev–Trinajstić information content (AvgIpc) is 2.92. The highest BCUT2D eigenvalue weighted by molar-refractivity contribution is 7.10. The molecule has 0 saturated carbocycles. The molecular weight excluding hydrogens is 246 g/mol. The number of ether oxygens (including phenoxy) is 2. The Bertz CT molecular complexity index is 497. The van der Waals surface area contributed by atoms with Crippen molar-refractivity contribution in [1.29, 1.82) is 0 Å². The van der Waals surface area contributed by atoms with Crippen LogP contribution in [0.25, 0.3) is 0 Å². The second kappa shape index (κ2) is 5.89. The van der Waals surface area contributed by atoms with Crippen LogP contribution >= 0.6 is 11.3 Å². The third-order valence-corrected chi connectivity index (χ3v) is 3.65. The van der Waals surface area contributed by atoms with Gasteiger partial charge in [0.15, 0.2) is 11.5 Å². The van der Waals surface area contributed by atoms with Crippen LogP contribution in [0.1, 0.15) is 23.4 Å². The molecule has 0 saturated heterocycles. The minimum atomic E-state index is -0.116. The first-order chi connectivity index (χ1) is 8.76. The lowest BCUT2D eigenvalue weighted by Gasteiger charge is -2.14. The topological polar surface area (TPSA) is 44.5 Å². The van der Waals surface area contributed by atoms with E-state index in [2.05, 4.69) is 0 Å². The summed E-state index contributed by atoms with van der Waals surface area (Å²) in [5.41, 5.74) is 7.25. The van der Waals surface area contributed by atoms with Gasteiger partial charge in [-0.05, 0) is 36.1 Å². The molecule has 0 radical (unpaired) electrons. The summed E-state index contributed by atoms with van der Waals surface area (Å²) >= 11 is 1.66. The molecule has 0 aliphatic heterocycles. The number of hydrogen-bond acceptors (Lipinski definition) is 4. The first kappa shape index (κ1) is 12.9. The molecule has 0 amide bonds. The van der Waals surface area contributed by atoms with E-state index in [0.29, 0.717) is 6.61 Å². The highest BCUT2D eigenvalue weighted by atomic mass is 32.1. The Kier molecular flexibility index (Phi) is 4.23. The molecule has 0 fully saturated rings. The van der Waals surface area contributed by atoms with Gasteiger partial charge in [-0.2, -0.15) is 0 Å². The summed E-state index contributed by atoms with van der Waals surface area (Å²) in [4.78, 5) is 1.14. The lowest BCUT2D eigenvalue weighted by molar-refractivity contribution is 0.310.